The van der Waals surface area contributed by atoms with Crippen molar-refractivity contribution in [2.75, 3.05) is 0 Å². The lowest BCUT2D eigenvalue weighted by Gasteiger charge is -2.22. The summed E-state index contributed by atoms with van der Waals surface area (Å²) in [4.78, 5) is 12.0. The van der Waals surface area contributed by atoms with Crippen LogP contribution in [-0.4, -0.2) is 11.9 Å². The minimum atomic E-state index is -0.453. The van der Waals surface area contributed by atoms with Gasteiger partial charge < -0.3 is 11.1 Å². The second-order valence-electron chi connectivity index (χ2n) is 6.87. The van der Waals surface area contributed by atoms with Gasteiger partial charge in [-0.05, 0) is 29.4 Å². The number of hydrogen-bond donors (Lipinski definition) is 2. The van der Waals surface area contributed by atoms with Crippen molar-refractivity contribution in [1.82, 2.24) is 5.32 Å². The highest BCUT2D eigenvalue weighted by molar-refractivity contribution is 5.82. The maximum absolute atomic E-state index is 12.0. The highest BCUT2D eigenvalue weighted by Gasteiger charge is 2.20. The molecule has 0 aromatic heterocycles. The van der Waals surface area contributed by atoms with Crippen LogP contribution in [0, 0.1) is 5.92 Å². The van der Waals surface area contributed by atoms with E-state index in [2.05, 4.69) is 50.4 Å². The van der Waals surface area contributed by atoms with Gasteiger partial charge in [-0.2, -0.15) is 0 Å². The van der Waals surface area contributed by atoms with E-state index in [0.29, 0.717) is 0 Å². The summed E-state index contributed by atoms with van der Waals surface area (Å²) in [6.07, 6.45) is 0. The molecule has 1 aromatic carbocycles. The Morgan fingerprint density at radius 3 is 2.00 bits per heavy atom. The van der Waals surface area contributed by atoms with Crippen LogP contribution in [0.3, 0.4) is 0 Å². The Bertz CT molecular complexity index is 443. The summed E-state index contributed by atoms with van der Waals surface area (Å²) in [7, 11) is 0. The van der Waals surface area contributed by atoms with Crippen LogP contribution in [0.1, 0.15) is 58.7 Å². The van der Waals surface area contributed by atoms with Crippen molar-refractivity contribution < 1.29 is 4.79 Å². The summed E-state index contributed by atoms with van der Waals surface area (Å²) in [5, 5.41) is 2.97. The zero-order valence-corrected chi connectivity index (χ0v) is 13.5. The molecule has 0 aliphatic heterocycles. The lowest BCUT2D eigenvalue weighted by atomic mass is 9.86. The lowest BCUT2D eigenvalue weighted by Crippen LogP contribution is -2.44. The van der Waals surface area contributed by atoms with Crippen molar-refractivity contribution in [3.8, 4) is 0 Å². The maximum Gasteiger partial charge on any atom is 0.237 e. The largest absolute Gasteiger partial charge is 0.348 e. The quantitative estimate of drug-likeness (QED) is 0.887. The zero-order chi connectivity index (χ0) is 15.5. The van der Waals surface area contributed by atoms with Gasteiger partial charge in [0.1, 0.15) is 0 Å². The van der Waals surface area contributed by atoms with Crippen molar-refractivity contribution in [3.05, 3.63) is 35.4 Å². The van der Waals surface area contributed by atoms with E-state index in [9.17, 15) is 4.79 Å². The van der Waals surface area contributed by atoms with E-state index in [4.69, 9.17) is 5.73 Å². The zero-order valence-electron chi connectivity index (χ0n) is 13.5. The Labute approximate surface area is 122 Å². The molecule has 0 radical (unpaired) electrons. The van der Waals surface area contributed by atoms with Gasteiger partial charge in [0.2, 0.25) is 5.91 Å². The van der Waals surface area contributed by atoms with Crippen LogP contribution >= 0.6 is 0 Å². The van der Waals surface area contributed by atoms with Gasteiger partial charge in [0.05, 0.1) is 12.1 Å². The molecule has 112 valence electrons. The summed E-state index contributed by atoms with van der Waals surface area (Å²) >= 11 is 0. The number of amides is 1. The fraction of sp³-hybridized carbons (Fsp3) is 0.588. The van der Waals surface area contributed by atoms with Crippen molar-refractivity contribution in [2.45, 2.75) is 59.0 Å². The van der Waals surface area contributed by atoms with E-state index in [1.54, 1.807) is 0 Å². The molecular weight excluding hydrogens is 248 g/mol. The number of nitrogens with two attached hydrogens (primary N) is 1. The third-order valence-corrected chi connectivity index (χ3v) is 3.66. The van der Waals surface area contributed by atoms with Gasteiger partial charge in [0.25, 0.3) is 0 Å². The minimum Gasteiger partial charge on any atom is -0.348 e. The Hall–Kier alpha value is -1.35. The Kier molecular flexibility index (Phi) is 5.35. The van der Waals surface area contributed by atoms with Gasteiger partial charge in [0.15, 0.2) is 0 Å². The van der Waals surface area contributed by atoms with Crippen molar-refractivity contribution in [2.24, 2.45) is 11.7 Å². The van der Waals surface area contributed by atoms with Gasteiger partial charge in [-0.25, -0.2) is 0 Å². The Balaban J connectivity index is 2.74. The van der Waals surface area contributed by atoms with Gasteiger partial charge in [0, 0.05) is 0 Å². The molecule has 0 fully saturated rings. The van der Waals surface area contributed by atoms with Gasteiger partial charge in [-0.3, -0.25) is 4.79 Å². The number of hydrogen-bond acceptors (Lipinski definition) is 2. The molecule has 20 heavy (non-hydrogen) atoms. The average Bonchev–Trinajstić information content (AvgIpc) is 2.36. The van der Waals surface area contributed by atoms with E-state index >= 15 is 0 Å². The van der Waals surface area contributed by atoms with Crippen LogP contribution in [0.15, 0.2) is 24.3 Å². The monoisotopic (exact) mass is 276 g/mol. The van der Waals surface area contributed by atoms with Crippen LogP contribution in [0.4, 0.5) is 0 Å². The maximum atomic E-state index is 12.0. The standard InChI is InChI=1S/C17H28N2O/c1-11(2)15(18)16(20)19-12(3)13-7-9-14(10-8-13)17(4,5)6/h7-12,15H,18H2,1-6H3,(H,19,20). The third kappa shape index (κ3) is 4.34. The van der Waals surface area contributed by atoms with Gasteiger partial charge in [-0.1, -0.05) is 58.9 Å². The van der Waals surface area contributed by atoms with Crippen LogP contribution in [0.2, 0.25) is 0 Å². The summed E-state index contributed by atoms with van der Waals surface area (Å²) in [6.45, 7) is 12.5. The number of benzene rings is 1. The van der Waals surface area contributed by atoms with Gasteiger partial charge >= 0.3 is 0 Å². The summed E-state index contributed by atoms with van der Waals surface area (Å²) in [6, 6.07) is 7.92. The Morgan fingerprint density at radius 2 is 1.60 bits per heavy atom. The molecular formula is C17H28N2O. The van der Waals surface area contributed by atoms with E-state index in [0.717, 1.165) is 5.56 Å². The molecule has 1 amide bonds. The molecule has 0 heterocycles. The average molecular weight is 276 g/mol. The lowest BCUT2D eigenvalue weighted by molar-refractivity contribution is -0.123. The molecule has 3 nitrogen and oxygen atoms in total. The van der Waals surface area contributed by atoms with Crippen LogP contribution in [-0.2, 0) is 10.2 Å². The van der Waals surface area contributed by atoms with Crippen LogP contribution < -0.4 is 11.1 Å². The number of rotatable bonds is 4. The van der Waals surface area contributed by atoms with Crippen LogP contribution in [0.25, 0.3) is 0 Å². The number of nitrogens with one attached hydrogen (secondary N) is 1. The minimum absolute atomic E-state index is 0.0266. The fourth-order valence-corrected chi connectivity index (χ4v) is 1.97. The fourth-order valence-electron chi connectivity index (χ4n) is 1.97. The molecule has 0 saturated carbocycles. The summed E-state index contributed by atoms with van der Waals surface area (Å²) in [5.74, 6) is 0.0536. The predicted octanol–water partition coefficient (Wildman–Crippen LogP) is 3.14. The first-order chi connectivity index (χ1) is 9.12. The summed E-state index contributed by atoms with van der Waals surface area (Å²) < 4.78 is 0. The van der Waals surface area contributed by atoms with E-state index < -0.39 is 6.04 Å². The van der Waals surface area contributed by atoms with Crippen molar-refractivity contribution in [3.63, 3.8) is 0 Å². The highest BCUT2D eigenvalue weighted by Crippen LogP contribution is 2.23. The second kappa shape index (κ2) is 6.40. The Morgan fingerprint density at radius 1 is 1.10 bits per heavy atom. The smallest absolute Gasteiger partial charge is 0.237 e. The molecule has 0 saturated heterocycles. The molecule has 3 N–H and O–H groups in total. The second-order valence-corrected chi connectivity index (χ2v) is 6.87. The van der Waals surface area contributed by atoms with Crippen molar-refractivity contribution >= 4 is 5.91 Å². The first-order valence-corrected chi connectivity index (χ1v) is 7.29. The SMILES string of the molecule is CC(NC(=O)C(N)C(C)C)c1ccc(C(C)(C)C)cc1. The molecule has 0 spiro atoms. The number of carbonyl (C=O) groups is 1. The first-order valence-electron chi connectivity index (χ1n) is 7.29. The molecule has 0 bridgehead atoms. The summed E-state index contributed by atoms with van der Waals surface area (Å²) in [5.41, 5.74) is 8.39. The first kappa shape index (κ1) is 16.7. The van der Waals surface area contributed by atoms with E-state index in [1.807, 2.05) is 20.8 Å². The number of carbonyl (C=O) groups excluding carboxylic acids is 1. The molecule has 3 heteroatoms. The molecule has 1 aromatic rings. The van der Waals surface area contributed by atoms with E-state index in [-0.39, 0.29) is 23.3 Å². The van der Waals surface area contributed by atoms with Crippen molar-refractivity contribution in [1.29, 1.82) is 0 Å². The van der Waals surface area contributed by atoms with E-state index in [1.165, 1.54) is 5.56 Å². The normalized spacial score (nSPS) is 15.0. The van der Waals surface area contributed by atoms with Crippen LogP contribution in [0.5, 0.6) is 0 Å². The predicted molar refractivity (Wildman–Crippen MR) is 84.5 cm³/mol. The highest BCUT2D eigenvalue weighted by atomic mass is 16.2. The van der Waals surface area contributed by atoms with Gasteiger partial charge in [-0.15, -0.1) is 0 Å². The topological polar surface area (TPSA) is 55.1 Å². The molecule has 1 rings (SSSR count). The molecule has 2 atom stereocenters. The molecule has 0 aliphatic carbocycles. The third-order valence-electron chi connectivity index (χ3n) is 3.66. The molecule has 2 unspecified atom stereocenters. The molecule has 0 aliphatic rings.